The van der Waals surface area contributed by atoms with E-state index in [9.17, 15) is 0 Å². The quantitative estimate of drug-likeness (QED) is 0.519. The Labute approximate surface area is 173 Å². The molecule has 2 heterocycles. The van der Waals surface area contributed by atoms with Crippen LogP contribution >= 0.6 is 11.3 Å². The summed E-state index contributed by atoms with van der Waals surface area (Å²) in [6, 6.07) is 22.9. The van der Waals surface area contributed by atoms with Crippen LogP contribution in [0.15, 0.2) is 77.5 Å². The van der Waals surface area contributed by atoms with Gasteiger partial charge in [0.05, 0.1) is 6.67 Å². The number of nitrogens with one attached hydrogen (secondary N) is 1. The zero-order valence-corrected chi connectivity index (χ0v) is 16.9. The van der Waals surface area contributed by atoms with E-state index in [0.717, 1.165) is 33.9 Å². The third-order valence-electron chi connectivity index (χ3n) is 5.17. The van der Waals surface area contributed by atoms with Crippen molar-refractivity contribution in [2.24, 2.45) is 10.7 Å². The third-order valence-corrected chi connectivity index (χ3v) is 6.39. The maximum atomic E-state index is 6.29. The van der Waals surface area contributed by atoms with E-state index in [-0.39, 0.29) is 0 Å². The number of ether oxygens (including phenoxy) is 1. The van der Waals surface area contributed by atoms with Gasteiger partial charge in [-0.25, -0.2) is 0 Å². The first-order chi connectivity index (χ1) is 14.3. The lowest BCUT2D eigenvalue weighted by atomic mass is 9.99. The van der Waals surface area contributed by atoms with Crippen LogP contribution in [0.2, 0.25) is 0 Å². The molecule has 0 amide bonds. The molecule has 0 bridgehead atoms. The fourth-order valence-corrected chi connectivity index (χ4v) is 5.10. The molecule has 0 saturated heterocycles. The van der Waals surface area contributed by atoms with Crippen molar-refractivity contribution < 1.29 is 4.74 Å². The van der Waals surface area contributed by atoms with Crippen molar-refractivity contribution >= 4 is 42.8 Å². The second kappa shape index (κ2) is 7.44. The van der Waals surface area contributed by atoms with Crippen molar-refractivity contribution in [3.05, 3.63) is 83.6 Å². The lowest BCUT2D eigenvalue weighted by Gasteiger charge is -2.11. The van der Waals surface area contributed by atoms with Gasteiger partial charge in [0.25, 0.3) is 0 Å². The fourth-order valence-electron chi connectivity index (χ4n) is 3.86. The topological polar surface area (TPSA) is 59.6 Å². The standard InChI is InChI=1S/C24H21N3OS/c1-26-14-27-22-18-8-2-4-11-20(18)28-23(22)19(13-25)17-10-6-9-16-15-7-3-5-12-21(15)29-24(16)17/h2-12,26H,13-14,25H2,1H3/b23-19-,27-22-. The molecule has 0 aliphatic carbocycles. The molecule has 1 aromatic heterocycles. The van der Waals surface area contributed by atoms with Gasteiger partial charge in [-0.3, -0.25) is 4.99 Å². The number of hydrogen-bond donors (Lipinski definition) is 2. The molecule has 5 rings (SSSR count). The fraction of sp³-hybridized carbons (Fsp3) is 0.125. The first-order valence-corrected chi connectivity index (χ1v) is 10.4. The maximum absolute atomic E-state index is 6.29. The Morgan fingerprint density at radius 3 is 2.66 bits per heavy atom. The summed E-state index contributed by atoms with van der Waals surface area (Å²) in [5.74, 6) is 1.58. The number of fused-ring (bicyclic) bond motifs is 4. The number of benzene rings is 3. The summed E-state index contributed by atoms with van der Waals surface area (Å²) < 4.78 is 8.80. The lowest BCUT2D eigenvalue weighted by molar-refractivity contribution is 0.470. The molecular weight excluding hydrogens is 378 g/mol. The normalized spacial score (nSPS) is 16.4. The smallest absolute Gasteiger partial charge is 0.158 e. The van der Waals surface area contributed by atoms with Crippen molar-refractivity contribution in [2.75, 3.05) is 20.3 Å². The Morgan fingerprint density at radius 2 is 1.79 bits per heavy atom. The van der Waals surface area contributed by atoms with Gasteiger partial charge in [0, 0.05) is 43.4 Å². The molecule has 0 radical (unpaired) electrons. The summed E-state index contributed by atoms with van der Waals surface area (Å²) >= 11 is 1.80. The molecular formula is C24H21N3OS. The van der Waals surface area contributed by atoms with E-state index in [1.54, 1.807) is 11.3 Å². The van der Waals surface area contributed by atoms with Crippen LogP contribution in [0.4, 0.5) is 0 Å². The molecule has 1 aliphatic rings. The molecule has 0 fully saturated rings. The molecule has 4 aromatic rings. The highest BCUT2D eigenvalue weighted by atomic mass is 32.1. The molecule has 5 heteroatoms. The summed E-state index contributed by atoms with van der Waals surface area (Å²) in [4.78, 5) is 4.75. The Balaban J connectivity index is 1.77. The molecule has 3 N–H and O–H groups in total. The second-order valence-corrected chi connectivity index (χ2v) is 7.96. The van der Waals surface area contributed by atoms with Crippen molar-refractivity contribution in [1.82, 2.24) is 5.32 Å². The average Bonchev–Trinajstić information content (AvgIpc) is 3.32. The van der Waals surface area contributed by atoms with Gasteiger partial charge in [0.15, 0.2) is 5.76 Å². The van der Waals surface area contributed by atoms with Crippen LogP contribution in [0.25, 0.3) is 25.7 Å². The summed E-state index contributed by atoms with van der Waals surface area (Å²) in [6.45, 7) is 0.886. The number of allylic oxidation sites excluding steroid dienone is 1. The third kappa shape index (κ3) is 2.95. The zero-order valence-electron chi connectivity index (χ0n) is 16.1. The summed E-state index contributed by atoms with van der Waals surface area (Å²) in [5.41, 5.74) is 10.3. The van der Waals surface area contributed by atoms with Crippen LogP contribution in [0.5, 0.6) is 5.75 Å². The minimum atomic E-state index is 0.370. The predicted molar refractivity (Wildman–Crippen MR) is 123 cm³/mol. The number of hydrogen-bond acceptors (Lipinski definition) is 5. The number of nitrogens with two attached hydrogens (primary N) is 1. The zero-order chi connectivity index (χ0) is 19.8. The number of nitrogens with zero attached hydrogens (tertiary/aromatic N) is 1. The van der Waals surface area contributed by atoms with Crippen LogP contribution in [0, 0.1) is 0 Å². The lowest BCUT2D eigenvalue weighted by Crippen LogP contribution is -2.14. The Hall–Kier alpha value is -2.99. The first kappa shape index (κ1) is 18.1. The highest BCUT2D eigenvalue weighted by Gasteiger charge is 2.28. The molecule has 0 spiro atoms. The highest BCUT2D eigenvalue weighted by molar-refractivity contribution is 7.26. The minimum Gasteiger partial charge on any atom is -0.454 e. The van der Waals surface area contributed by atoms with E-state index in [2.05, 4.69) is 47.8 Å². The van der Waals surface area contributed by atoms with E-state index in [0.29, 0.717) is 13.2 Å². The molecule has 0 unspecified atom stereocenters. The van der Waals surface area contributed by atoms with E-state index in [4.69, 9.17) is 15.5 Å². The van der Waals surface area contributed by atoms with Crippen molar-refractivity contribution in [3.63, 3.8) is 0 Å². The van der Waals surface area contributed by atoms with E-state index < -0.39 is 0 Å². The predicted octanol–water partition coefficient (Wildman–Crippen LogP) is 4.78. The largest absolute Gasteiger partial charge is 0.454 e. The molecule has 29 heavy (non-hydrogen) atoms. The monoisotopic (exact) mass is 399 g/mol. The van der Waals surface area contributed by atoms with Gasteiger partial charge in [-0.2, -0.15) is 0 Å². The average molecular weight is 400 g/mol. The number of thiophene rings is 1. The van der Waals surface area contributed by atoms with Crippen LogP contribution in [-0.4, -0.2) is 26.0 Å². The van der Waals surface area contributed by atoms with Gasteiger partial charge in [0.1, 0.15) is 11.5 Å². The Kier molecular flexibility index (Phi) is 4.64. The number of rotatable bonds is 4. The van der Waals surface area contributed by atoms with Gasteiger partial charge in [-0.1, -0.05) is 48.5 Å². The van der Waals surface area contributed by atoms with Crippen molar-refractivity contribution in [3.8, 4) is 5.75 Å². The summed E-state index contributed by atoms with van der Waals surface area (Å²) in [5, 5.41) is 5.62. The second-order valence-electron chi connectivity index (χ2n) is 6.91. The van der Waals surface area contributed by atoms with Gasteiger partial charge < -0.3 is 15.8 Å². The maximum Gasteiger partial charge on any atom is 0.158 e. The van der Waals surface area contributed by atoms with Crippen molar-refractivity contribution in [1.29, 1.82) is 0 Å². The van der Waals surface area contributed by atoms with Crippen LogP contribution in [0.1, 0.15) is 11.1 Å². The Morgan fingerprint density at radius 1 is 1.00 bits per heavy atom. The van der Waals surface area contributed by atoms with Gasteiger partial charge >= 0.3 is 0 Å². The molecule has 1 aliphatic heterocycles. The highest BCUT2D eigenvalue weighted by Crippen LogP contribution is 2.41. The molecule has 4 nitrogen and oxygen atoms in total. The van der Waals surface area contributed by atoms with Crippen LogP contribution in [0.3, 0.4) is 0 Å². The Bertz CT molecular complexity index is 1290. The van der Waals surface area contributed by atoms with Crippen LogP contribution < -0.4 is 15.8 Å². The van der Waals surface area contributed by atoms with Gasteiger partial charge in [0.2, 0.25) is 0 Å². The number of aliphatic imine (C=N–C) groups is 1. The minimum absolute atomic E-state index is 0.370. The van der Waals surface area contributed by atoms with E-state index in [1.165, 1.54) is 20.2 Å². The molecule has 0 atom stereocenters. The van der Waals surface area contributed by atoms with E-state index in [1.807, 2.05) is 31.3 Å². The van der Waals surface area contributed by atoms with Gasteiger partial charge in [-0.15, -0.1) is 11.3 Å². The molecule has 0 saturated carbocycles. The summed E-state index contributed by atoms with van der Waals surface area (Å²) in [6.07, 6.45) is 0. The molecule has 3 aromatic carbocycles. The van der Waals surface area contributed by atoms with Crippen molar-refractivity contribution in [2.45, 2.75) is 0 Å². The van der Waals surface area contributed by atoms with Crippen LogP contribution in [-0.2, 0) is 0 Å². The van der Waals surface area contributed by atoms with E-state index >= 15 is 0 Å². The first-order valence-electron chi connectivity index (χ1n) is 9.62. The van der Waals surface area contributed by atoms with Gasteiger partial charge in [-0.05, 0) is 25.2 Å². The number of para-hydroxylation sites is 1. The summed E-state index contributed by atoms with van der Waals surface area (Å²) in [7, 11) is 1.89. The molecule has 144 valence electrons. The SMILES string of the molecule is CNC/N=C1\C(=C(/CN)c2cccc3c2sc2ccccc23)Oc2ccccc21.